The Morgan fingerprint density at radius 1 is 1.00 bits per heavy atom. The van der Waals surface area contributed by atoms with Crippen molar-refractivity contribution in [3.63, 3.8) is 0 Å². The molecule has 3 rings (SSSR count). The molecule has 142 valence electrons. The van der Waals surface area contributed by atoms with Crippen LogP contribution in [0.5, 0.6) is 5.75 Å². The zero-order chi connectivity index (χ0) is 19.6. The molecule has 1 N–H and O–H groups in total. The normalized spacial score (nSPS) is 17.3. The van der Waals surface area contributed by atoms with Gasteiger partial charge in [0.1, 0.15) is 5.75 Å². The first-order valence-electron chi connectivity index (χ1n) is 8.64. The van der Waals surface area contributed by atoms with E-state index >= 15 is 0 Å². The average molecular weight is 369 g/mol. The van der Waals surface area contributed by atoms with Crippen LogP contribution in [0.2, 0.25) is 0 Å². The van der Waals surface area contributed by atoms with E-state index in [4.69, 9.17) is 14.2 Å². The molecule has 1 aliphatic heterocycles. The van der Waals surface area contributed by atoms with Gasteiger partial charge in [-0.15, -0.1) is 0 Å². The van der Waals surface area contributed by atoms with Crippen molar-refractivity contribution < 1.29 is 23.8 Å². The monoisotopic (exact) mass is 369 g/mol. The van der Waals surface area contributed by atoms with Crippen LogP contribution in [0.25, 0.3) is 0 Å². The summed E-state index contributed by atoms with van der Waals surface area (Å²) in [6, 6.07) is 13.5. The van der Waals surface area contributed by atoms with Crippen LogP contribution in [0, 0.1) is 6.92 Å². The van der Waals surface area contributed by atoms with Crippen LogP contribution in [0.4, 0.5) is 5.69 Å². The fourth-order valence-electron chi connectivity index (χ4n) is 3.62. The second-order valence-corrected chi connectivity index (χ2v) is 6.63. The first-order chi connectivity index (χ1) is 12.9. The minimum Gasteiger partial charge on any atom is -0.497 e. The molecule has 0 fully saturated rings. The minimum atomic E-state index is -1.60. The van der Waals surface area contributed by atoms with Gasteiger partial charge < -0.3 is 19.5 Å². The molecule has 0 aliphatic carbocycles. The number of hydrogen-bond donors (Lipinski definition) is 1. The van der Waals surface area contributed by atoms with Crippen LogP contribution < -0.4 is 10.1 Å². The van der Waals surface area contributed by atoms with E-state index in [0.717, 1.165) is 22.4 Å². The number of esters is 2. The summed E-state index contributed by atoms with van der Waals surface area (Å²) >= 11 is 0. The van der Waals surface area contributed by atoms with E-state index in [0.29, 0.717) is 5.69 Å². The minimum absolute atomic E-state index is 0.190. The predicted octanol–water partition coefficient (Wildman–Crippen LogP) is 3.04. The van der Waals surface area contributed by atoms with Gasteiger partial charge >= 0.3 is 11.9 Å². The lowest BCUT2D eigenvalue weighted by molar-refractivity contribution is -0.160. The average Bonchev–Trinajstić information content (AvgIpc) is 2.71. The topological polar surface area (TPSA) is 73.9 Å². The van der Waals surface area contributed by atoms with Gasteiger partial charge in [0.25, 0.3) is 0 Å². The number of carbonyl (C=O) groups excluding carboxylic acids is 2. The predicted molar refractivity (Wildman–Crippen MR) is 101 cm³/mol. The Morgan fingerprint density at radius 2 is 1.63 bits per heavy atom. The maximum atomic E-state index is 12.6. The number of nitrogens with one attached hydrogen (secondary N) is 1. The summed E-state index contributed by atoms with van der Waals surface area (Å²) in [7, 11) is 4.14. The molecule has 0 spiro atoms. The Kier molecular flexibility index (Phi) is 5.08. The third-order valence-corrected chi connectivity index (χ3v) is 5.03. The maximum Gasteiger partial charge on any atom is 0.343 e. The van der Waals surface area contributed by atoms with Gasteiger partial charge in [-0.3, -0.25) is 0 Å². The third kappa shape index (κ3) is 3.23. The molecule has 0 saturated heterocycles. The van der Waals surface area contributed by atoms with Crippen LogP contribution in [-0.4, -0.2) is 38.8 Å². The van der Waals surface area contributed by atoms with E-state index in [1.807, 2.05) is 43.3 Å². The SMILES string of the molecule is COC(=O)C1(C(=O)OC)C[C@@H](c2ccc(OC)cc2)c2cc(C)ccc2N1. The first-order valence-corrected chi connectivity index (χ1v) is 8.64. The highest BCUT2D eigenvalue weighted by Gasteiger charge is 2.53. The van der Waals surface area contributed by atoms with Crippen molar-refractivity contribution in [2.24, 2.45) is 0 Å². The van der Waals surface area contributed by atoms with Crippen LogP contribution in [-0.2, 0) is 19.1 Å². The second-order valence-electron chi connectivity index (χ2n) is 6.63. The van der Waals surface area contributed by atoms with Crippen molar-refractivity contribution in [2.75, 3.05) is 26.6 Å². The number of ether oxygens (including phenoxy) is 3. The molecule has 0 radical (unpaired) electrons. The number of fused-ring (bicyclic) bond motifs is 1. The number of benzene rings is 2. The van der Waals surface area contributed by atoms with Crippen molar-refractivity contribution in [1.29, 1.82) is 0 Å². The Labute approximate surface area is 158 Å². The van der Waals surface area contributed by atoms with E-state index in [2.05, 4.69) is 11.4 Å². The zero-order valence-electron chi connectivity index (χ0n) is 15.9. The van der Waals surface area contributed by atoms with Gasteiger partial charge in [0, 0.05) is 18.0 Å². The van der Waals surface area contributed by atoms with E-state index in [1.165, 1.54) is 14.2 Å². The lowest BCUT2D eigenvalue weighted by atomic mass is 9.75. The van der Waals surface area contributed by atoms with E-state index < -0.39 is 17.5 Å². The lowest BCUT2D eigenvalue weighted by Gasteiger charge is -2.39. The van der Waals surface area contributed by atoms with Crippen molar-refractivity contribution in [3.05, 3.63) is 59.2 Å². The van der Waals surface area contributed by atoms with Crippen LogP contribution in [0.3, 0.4) is 0 Å². The molecule has 2 aromatic rings. The number of anilines is 1. The van der Waals surface area contributed by atoms with Gasteiger partial charge in [0.15, 0.2) is 0 Å². The summed E-state index contributed by atoms with van der Waals surface area (Å²) in [5, 5.41) is 3.09. The van der Waals surface area contributed by atoms with Crippen molar-refractivity contribution >= 4 is 17.6 Å². The molecule has 1 atom stereocenters. The number of methoxy groups -OCH3 is 3. The zero-order valence-corrected chi connectivity index (χ0v) is 15.9. The Morgan fingerprint density at radius 3 is 2.19 bits per heavy atom. The van der Waals surface area contributed by atoms with E-state index in [-0.39, 0.29) is 12.3 Å². The molecule has 0 aromatic heterocycles. The molecule has 6 heteroatoms. The van der Waals surface area contributed by atoms with Gasteiger partial charge in [0.2, 0.25) is 5.54 Å². The van der Waals surface area contributed by atoms with Gasteiger partial charge in [-0.25, -0.2) is 9.59 Å². The summed E-state index contributed by atoms with van der Waals surface area (Å²) in [4.78, 5) is 25.3. The van der Waals surface area contributed by atoms with Crippen molar-refractivity contribution in [3.8, 4) is 5.75 Å². The molecule has 27 heavy (non-hydrogen) atoms. The molecule has 2 aromatic carbocycles. The molecular formula is C21H23NO5. The van der Waals surface area contributed by atoms with Crippen LogP contribution in [0.1, 0.15) is 29.0 Å². The molecule has 0 bridgehead atoms. The Bertz CT molecular complexity index is 843. The van der Waals surface area contributed by atoms with E-state index in [1.54, 1.807) is 7.11 Å². The highest BCUT2D eigenvalue weighted by molar-refractivity contribution is 6.08. The lowest BCUT2D eigenvalue weighted by Crippen LogP contribution is -2.57. The molecule has 1 heterocycles. The fraction of sp³-hybridized carbons (Fsp3) is 0.333. The van der Waals surface area contributed by atoms with Crippen LogP contribution in [0.15, 0.2) is 42.5 Å². The molecule has 1 aliphatic rings. The quantitative estimate of drug-likeness (QED) is 0.660. The summed E-state index contributed by atoms with van der Waals surface area (Å²) in [5.41, 5.74) is 2.20. The smallest absolute Gasteiger partial charge is 0.343 e. The molecule has 0 saturated carbocycles. The number of rotatable bonds is 4. The van der Waals surface area contributed by atoms with Crippen molar-refractivity contribution in [2.45, 2.75) is 24.8 Å². The summed E-state index contributed by atoms with van der Waals surface area (Å²) in [6.07, 6.45) is 0.190. The molecule has 0 amide bonds. The Hall–Kier alpha value is -3.02. The first kappa shape index (κ1) is 18.8. The number of aryl methyl sites for hydroxylation is 1. The van der Waals surface area contributed by atoms with Gasteiger partial charge in [-0.2, -0.15) is 0 Å². The largest absolute Gasteiger partial charge is 0.497 e. The molecule has 6 nitrogen and oxygen atoms in total. The van der Waals surface area contributed by atoms with Gasteiger partial charge in [-0.05, 0) is 36.2 Å². The fourth-order valence-corrected chi connectivity index (χ4v) is 3.62. The van der Waals surface area contributed by atoms with E-state index in [9.17, 15) is 9.59 Å². The highest BCUT2D eigenvalue weighted by Crippen LogP contribution is 2.44. The Balaban J connectivity index is 2.16. The standard InChI is InChI=1S/C21H23NO5/c1-13-5-10-18-16(11-13)17(14-6-8-15(25-2)9-7-14)12-21(22-18,19(23)26-3)20(24)27-4/h5-11,17,22H,12H2,1-4H3/t17-/m0/s1. The number of hydrogen-bond acceptors (Lipinski definition) is 6. The van der Waals surface area contributed by atoms with Crippen LogP contribution >= 0.6 is 0 Å². The number of carbonyl (C=O) groups is 2. The molecular weight excluding hydrogens is 346 g/mol. The summed E-state index contributed by atoms with van der Waals surface area (Å²) in [6.45, 7) is 2.01. The molecule has 0 unspecified atom stereocenters. The highest BCUT2D eigenvalue weighted by atomic mass is 16.5. The van der Waals surface area contributed by atoms with Gasteiger partial charge in [0.05, 0.1) is 21.3 Å². The third-order valence-electron chi connectivity index (χ3n) is 5.03. The summed E-state index contributed by atoms with van der Waals surface area (Å²) < 4.78 is 15.1. The second kappa shape index (κ2) is 7.31. The summed E-state index contributed by atoms with van der Waals surface area (Å²) in [5.74, 6) is -0.784. The van der Waals surface area contributed by atoms with Gasteiger partial charge in [-0.1, -0.05) is 29.8 Å². The maximum absolute atomic E-state index is 12.6. The van der Waals surface area contributed by atoms with Crippen molar-refractivity contribution in [1.82, 2.24) is 0 Å².